The Labute approximate surface area is 171 Å². The van der Waals surface area contributed by atoms with E-state index < -0.39 is 5.60 Å². The van der Waals surface area contributed by atoms with Crippen molar-refractivity contribution < 1.29 is 14.3 Å². The summed E-state index contributed by atoms with van der Waals surface area (Å²) in [6.45, 7) is 9.90. The first-order valence-electron chi connectivity index (χ1n) is 9.97. The molecule has 3 nitrogen and oxygen atoms in total. The van der Waals surface area contributed by atoms with E-state index in [-0.39, 0.29) is 12.6 Å². The molecule has 1 heterocycles. The summed E-state index contributed by atoms with van der Waals surface area (Å²) < 4.78 is 11.6. The number of carbonyl (C=O) groups is 1. The highest BCUT2D eigenvalue weighted by molar-refractivity contribution is 7.97. The molecular formula is C24H31O3S+. The minimum Gasteiger partial charge on any atom is -0.481 e. The van der Waals surface area contributed by atoms with E-state index in [4.69, 9.17) is 9.47 Å². The molecule has 1 fully saturated rings. The Morgan fingerprint density at radius 2 is 1.57 bits per heavy atom. The van der Waals surface area contributed by atoms with Crippen molar-refractivity contribution in [3.63, 3.8) is 0 Å². The quantitative estimate of drug-likeness (QED) is 0.492. The third kappa shape index (κ3) is 4.91. The van der Waals surface area contributed by atoms with E-state index >= 15 is 0 Å². The van der Waals surface area contributed by atoms with Crippen LogP contribution >= 0.6 is 0 Å². The lowest BCUT2D eigenvalue weighted by molar-refractivity contribution is -0.159. The van der Waals surface area contributed by atoms with Crippen molar-refractivity contribution >= 4 is 16.9 Å². The van der Waals surface area contributed by atoms with Crippen LogP contribution in [0, 0.1) is 20.8 Å². The van der Waals surface area contributed by atoms with Gasteiger partial charge < -0.3 is 9.47 Å². The zero-order chi connectivity index (χ0) is 20.3. The zero-order valence-electron chi connectivity index (χ0n) is 17.6. The lowest BCUT2D eigenvalue weighted by Crippen LogP contribution is -2.28. The monoisotopic (exact) mass is 399 g/mol. The molecule has 0 aliphatic carbocycles. The van der Waals surface area contributed by atoms with E-state index in [0.29, 0.717) is 10.9 Å². The lowest BCUT2D eigenvalue weighted by atomic mass is 9.97. The van der Waals surface area contributed by atoms with Gasteiger partial charge in [-0.2, -0.15) is 0 Å². The summed E-state index contributed by atoms with van der Waals surface area (Å²) in [6, 6.07) is 12.5. The first kappa shape index (κ1) is 20.8. The molecule has 1 aliphatic heterocycles. The first-order valence-corrected chi connectivity index (χ1v) is 11.5. The largest absolute Gasteiger partial charge is 0.481 e. The molecule has 0 aromatic heterocycles. The van der Waals surface area contributed by atoms with Crippen molar-refractivity contribution in [1.29, 1.82) is 0 Å². The number of rotatable bonds is 6. The van der Waals surface area contributed by atoms with Gasteiger partial charge in [0.25, 0.3) is 0 Å². The van der Waals surface area contributed by atoms with Gasteiger partial charge in [0.1, 0.15) is 22.9 Å². The molecule has 3 rings (SSSR count). The van der Waals surface area contributed by atoms with Crippen LogP contribution in [0.1, 0.15) is 48.9 Å². The summed E-state index contributed by atoms with van der Waals surface area (Å²) in [5, 5.41) is 0. The van der Waals surface area contributed by atoms with E-state index in [1.807, 2.05) is 45.0 Å². The Kier molecular flexibility index (Phi) is 6.39. The highest BCUT2D eigenvalue weighted by Crippen LogP contribution is 2.31. The predicted molar refractivity (Wildman–Crippen MR) is 116 cm³/mol. The molecule has 0 N–H and O–H groups in total. The van der Waals surface area contributed by atoms with Gasteiger partial charge in [0.05, 0.1) is 0 Å². The molecule has 150 valence electrons. The molecule has 4 heteroatoms. The van der Waals surface area contributed by atoms with E-state index in [0.717, 1.165) is 22.4 Å². The Balaban J connectivity index is 1.63. The first-order chi connectivity index (χ1) is 13.3. The fourth-order valence-electron chi connectivity index (χ4n) is 3.65. The van der Waals surface area contributed by atoms with Crippen LogP contribution in [0.15, 0.2) is 41.3 Å². The molecule has 1 saturated heterocycles. The minimum absolute atomic E-state index is 0.0813. The van der Waals surface area contributed by atoms with Crippen molar-refractivity contribution in [3.05, 3.63) is 58.7 Å². The van der Waals surface area contributed by atoms with E-state index in [1.165, 1.54) is 34.8 Å². The number of aryl methyl sites for hydroxylation is 3. The fourth-order valence-corrected chi connectivity index (χ4v) is 6.12. The van der Waals surface area contributed by atoms with Crippen LogP contribution in [-0.4, -0.2) is 24.1 Å². The van der Waals surface area contributed by atoms with Gasteiger partial charge in [-0.05, 0) is 76.3 Å². The lowest BCUT2D eigenvalue weighted by Gasteiger charge is -2.26. The van der Waals surface area contributed by atoms with Crippen LogP contribution in [0.25, 0.3) is 0 Å². The van der Waals surface area contributed by atoms with Gasteiger partial charge in [0, 0.05) is 10.9 Å². The average Bonchev–Trinajstić information content (AvgIpc) is 3.15. The Morgan fingerprint density at radius 1 is 1.00 bits per heavy atom. The maximum Gasteiger partial charge on any atom is 0.345 e. The summed E-state index contributed by atoms with van der Waals surface area (Å²) in [7, 11) is 0.384. The summed E-state index contributed by atoms with van der Waals surface area (Å²) in [4.78, 5) is 13.9. The highest BCUT2D eigenvalue weighted by atomic mass is 32.2. The van der Waals surface area contributed by atoms with Gasteiger partial charge in [0.2, 0.25) is 0 Å². The molecule has 2 aromatic rings. The second-order valence-corrected chi connectivity index (χ2v) is 10.4. The van der Waals surface area contributed by atoms with Crippen molar-refractivity contribution in [3.8, 4) is 5.75 Å². The second-order valence-electron chi connectivity index (χ2n) is 8.13. The van der Waals surface area contributed by atoms with Gasteiger partial charge in [0.15, 0.2) is 11.5 Å². The zero-order valence-corrected chi connectivity index (χ0v) is 18.4. The number of benzene rings is 2. The number of hydrogen-bond donors (Lipinski definition) is 0. The minimum atomic E-state index is -0.689. The third-order valence-electron chi connectivity index (χ3n) is 5.25. The number of esters is 1. The van der Waals surface area contributed by atoms with Gasteiger partial charge in [-0.1, -0.05) is 29.8 Å². The summed E-state index contributed by atoms with van der Waals surface area (Å²) >= 11 is 0. The van der Waals surface area contributed by atoms with Crippen LogP contribution in [0.3, 0.4) is 0 Å². The molecule has 0 atom stereocenters. The van der Waals surface area contributed by atoms with E-state index in [1.54, 1.807) is 0 Å². The molecule has 0 amide bonds. The Hall–Kier alpha value is -1.94. The molecule has 2 aromatic carbocycles. The van der Waals surface area contributed by atoms with Crippen LogP contribution in [0.4, 0.5) is 0 Å². The Morgan fingerprint density at radius 3 is 2.14 bits per heavy atom. The van der Waals surface area contributed by atoms with Gasteiger partial charge in [-0.3, -0.25) is 0 Å². The second kappa shape index (κ2) is 8.60. The molecule has 0 unspecified atom stereocenters. The molecule has 28 heavy (non-hydrogen) atoms. The maximum atomic E-state index is 12.4. The van der Waals surface area contributed by atoms with Crippen molar-refractivity contribution in [2.24, 2.45) is 0 Å². The molecule has 0 spiro atoms. The van der Waals surface area contributed by atoms with Crippen LogP contribution in [-0.2, 0) is 26.0 Å². The van der Waals surface area contributed by atoms with Crippen LogP contribution < -0.4 is 4.74 Å². The van der Waals surface area contributed by atoms with Gasteiger partial charge in [-0.15, -0.1) is 0 Å². The smallest absolute Gasteiger partial charge is 0.345 e. The van der Waals surface area contributed by atoms with Crippen LogP contribution in [0.2, 0.25) is 0 Å². The summed E-state index contributed by atoms with van der Waals surface area (Å²) in [5.41, 5.74) is 3.66. The highest BCUT2D eigenvalue weighted by Gasteiger charge is 2.29. The standard InChI is InChI=1S/C24H31O3S/c1-17-8-10-20(11-9-17)24(4,5)27-22(25)16-26-23-18(2)14-21(15-19(23)3)28-12-6-7-13-28/h8-11,14-15H,6-7,12-13,16H2,1-5H3/q+1. The van der Waals surface area contributed by atoms with E-state index in [2.05, 4.69) is 26.0 Å². The molecule has 0 saturated carbocycles. The summed E-state index contributed by atoms with van der Waals surface area (Å²) in [5.74, 6) is 3.06. The SMILES string of the molecule is Cc1ccc(C(C)(C)OC(=O)COc2c(C)cc([S+]3CCCC3)cc2C)cc1. The molecule has 1 aliphatic rings. The predicted octanol–water partition coefficient (Wildman–Crippen LogP) is 5.24. The number of ether oxygens (including phenoxy) is 2. The van der Waals surface area contributed by atoms with Gasteiger partial charge in [-0.25, -0.2) is 4.79 Å². The van der Waals surface area contributed by atoms with Crippen molar-refractivity contribution in [1.82, 2.24) is 0 Å². The van der Waals surface area contributed by atoms with Crippen LogP contribution in [0.5, 0.6) is 5.75 Å². The topological polar surface area (TPSA) is 35.5 Å². The third-order valence-corrected chi connectivity index (χ3v) is 7.71. The van der Waals surface area contributed by atoms with Crippen molar-refractivity contribution in [2.45, 2.75) is 58.0 Å². The molecule has 0 radical (unpaired) electrons. The number of carbonyl (C=O) groups excluding carboxylic acids is 1. The maximum absolute atomic E-state index is 12.4. The number of hydrogen-bond acceptors (Lipinski definition) is 3. The summed E-state index contributed by atoms with van der Waals surface area (Å²) in [6.07, 6.45) is 2.67. The fraction of sp³-hybridized carbons (Fsp3) is 0.458. The Bertz CT molecular complexity index is 810. The van der Waals surface area contributed by atoms with E-state index in [9.17, 15) is 4.79 Å². The van der Waals surface area contributed by atoms with Crippen molar-refractivity contribution in [2.75, 3.05) is 18.1 Å². The molecule has 0 bridgehead atoms. The van der Waals surface area contributed by atoms with Gasteiger partial charge >= 0.3 is 5.97 Å². The average molecular weight is 400 g/mol. The molecular weight excluding hydrogens is 368 g/mol. The normalized spacial score (nSPS) is 14.9.